The Morgan fingerprint density at radius 1 is 1.18 bits per heavy atom. The quantitative estimate of drug-likeness (QED) is 0.726. The molecule has 0 aliphatic heterocycles. The molecular formula is C14H26O2Si. The molecule has 0 spiro atoms. The molecule has 1 rings (SSSR count). The molecule has 17 heavy (non-hydrogen) atoms. The molecule has 1 aromatic rings. The molecule has 0 aliphatic rings. The molecule has 0 radical (unpaired) electrons. The maximum Gasteiger partial charge on any atom is 0.191 e. The van der Waals surface area contributed by atoms with Crippen LogP contribution in [0.25, 0.3) is 0 Å². The first-order valence-electron chi connectivity index (χ1n) is 6.48. The van der Waals surface area contributed by atoms with Crippen molar-refractivity contribution < 1.29 is 8.84 Å². The predicted octanol–water partition coefficient (Wildman–Crippen LogP) is 4.41. The van der Waals surface area contributed by atoms with E-state index in [1.54, 1.807) is 0 Å². The normalized spacial score (nSPS) is 13.1. The number of furan rings is 1. The molecule has 2 nitrogen and oxygen atoms in total. The molecule has 1 heterocycles. The number of rotatable bonds is 5. The lowest BCUT2D eigenvalue weighted by Crippen LogP contribution is -2.41. The van der Waals surface area contributed by atoms with Gasteiger partial charge in [0.25, 0.3) is 0 Å². The third-order valence-corrected chi connectivity index (χ3v) is 8.22. The van der Waals surface area contributed by atoms with Crippen molar-refractivity contribution in [2.24, 2.45) is 0 Å². The molecule has 0 aromatic carbocycles. The van der Waals surface area contributed by atoms with Crippen molar-refractivity contribution in [3.8, 4) is 0 Å². The van der Waals surface area contributed by atoms with E-state index in [-0.39, 0.29) is 5.04 Å². The molecule has 0 N–H and O–H groups in total. The zero-order valence-corrected chi connectivity index (χ0v) is 13.1. The molecule has 0 saturated carbocycles. The summed E-state index contributed by atoms with van der Waals surface area (Å²) in [4.78, 5) is 0. The molecular weight excluding hydrogens is 228 g/mol. The second kappa shape index (κ2) is 5.40. The van der Waals surface area contributed by atoms with Gasteiger partial charge in [0.2, 0.25) is 0 Å². The van der Waals surface area contributed by atoms with Crippen LogP contribution in [0.4, 0.5) is 0 Å². The van der Waals surface area contributed by atoms with Crippen molar-refractivity contribution >= 4 is 8.32 Å². The minimum absolute atomic E-state index is 0.282. The third kappa shape index (κ3) is 4.00. The molecule has 98 valence electrons. The lowest BCUT2D eigenvalue weighted by molar-refractivity contribution is 0.280. The summed E-state index contributed by atoms with van der Waals surface area (Å²) in [5.41, 5.74) is 0. The van der Waals surface area contributed by atoms with Crippen LogP contribution in [0.5, 0.6) is 0 Å². The predicted molar refractivity (Wildman–Crippen MR) is 74.9 cm³/mol. The van der Waals surface area contributed by atoms with E-state index < -0.39 is 8.32 Å². The van der Waals surface area contributed by atoms with Gasteiger partial charge in [-0.1, -0.05) is 27.7 Å². The van der Waals surface area contributed by atoms with Crippen LogP contribution in [0.1, 0.15) is 39.2 Å². The van der Waals surface area contributed by atoms with Crippen molar-refractivity contribution in [1.29, 1.82) is 0 Å². The van der Waals surface area contributed by atoms with E-state index in [0.29, 0.717) is 0 Å². The number of hydrogen-bond acceptors (Lipinski definition) is 2. The summed E-state index contributed by atoms with van der Waals surface area (Å²) in [6.07, 6.45) is 1.84. The van der Waals surface area contributed by atoms with E-state index in [9.17, 15) is 0 Å². The van der Waals surface area contributed by atoms with E-state index in [2.05, 4.69) is 52.9 Å². The molecule has 1 aromatic heterocycles. The Bertz CT molecular complexity index is 347. The van der Waals surface area contributed by atoms with E-state index in [1.807, 2.05) is 0 Å². The minimum atomic E-state index is -1.60. The van der Waals surface area contributed by atoms with Crippen LogP contribution in [0, 0.1) is 0 Å². The lowest BCUT2D eigenvalue weighted by Gasteiger charge is -2.36. The summed E-state index contributed by atoms with van der Waals surface area (Å²) in [6, 6.07) is 4.12. The smallest absolute Gasteiger partial charge is 0.191 e. The highest BCUT2D eigenvalue weighted by Crippen LogP contribution is 2.36. The Balaban J connectivity index is 2.42. The first-order valence-corrected chi connectivity index (χ1v) is 9.38. The average molecular weight is 254 g/mol. The zero-order valence-electron chi connectivity index (χ0n) is 12.1. The first kappa shape index (κ1) is 14.5. The molecule has 0 fully saturated rings. The van der Waals surface area contributed by atoms with E-state index in [1.165, 1.54) is 0 Å². The van der Waals surface area contributed by atoms with Crippen molar-refractivity contribution in [1.82, 2.24) is 0 Å². The Hall–Kier alpha value is -0.543. The van der Waals surface area contributed by atoms with Crippen molar-refractivity contribution in [3.05, 3.63) is 23.7 Å². The van der Waals surface area contributed by atoms with Gasteiger partial charge in [0.1, 0.15) is 11.5 Å². The second-order valence-corrected chi connectivity index (χ2v) is 10.9. The van der Waals surface area contributed by atoms with Crippen LogP contribution >= 0.6 is 0 Å². The molecule has 3 heteroatoms. The standard InChI is InChI=1S/C14H26O2Si/c1-7-12-8-9-13(16-12)10-11-15-17(5,6)14(2,3)4/h8-9H,7,10-11H2,1-6H3. The highest BCUT2D eigenvalue weighted by molar-refractivity contribution is 6.74. The second-order valence-electron chi connectivity index (χ2n) is 6.08. The van der Waals surface area contributed by atoms with Gasteiger partial charge >= 0.3 is 0 Å². The van der Waals surface area contributed by atoms with Crippen molar-refractivity contribution in [2.75, 3.05) is 6.61 Å². The van der Waals surface area contributed by atoms with Crippen LogP contribution < -0.4 is 0 Å². The molecule has 0 aliphatic carbocycles. The summed E-state index contributed by atoms with van der Waals surface area (Å²) >= 11 is 0. The van der Waals surface area contributed by atoms with Crippen LogP contribution in [-0.2, 0) is 17.3 Å². The maximum atomic E-state index is 6.12. The lowest BCUT2D eigenvalue weighted by atomic mass is 10.2. The largest absolute Gasteiger partial charge is 0.466 e. The molecule has 0 bridgehead atoms. The van der Waals surface area contributed by atoms with Gasteiger partial charge in [0.15, 0.2) is 8.32 Å². The Labute approximate surface area is 106 Å². The summed E-state index contributed by atoms with van der Waals surface area (Å²) in [6.45, 7) is 14.2. The van der Waals surface area contributed by atoms with Gasteiger partial charge in [0, 0.05) is 19.4 Å². The van der Waals surface area contributed by atoms with Crippen LogP contribution in [0.2, 0.25) is 18.1 Å². The Kier molecular flexibility index (Phi) is 4.61. The molecule has 0 unspecified atom stereocenters. The van der Waals surface area contributed by atoms with Gasteiger partial charge in [-0.2, -0.15) is 0 Å². The monoisotopic (exact) mass is 254 g/mol. The number of aryl methyl sites for hydroxylation is 1. The highest BCUT2D eigenvalue weighted by Gasteiger charge is 2.36. The van der Waals surface area contributed by atoms with E-state index >= 15 is 0 Å². The van der Waals surface area contributed by atoms with Crippen molar-refractivity contribution in [3.63, 3.8) is 0 Å². The maximum absolute atomic E-state index is 6.12. The van der Waals surface area contributed by atoms with Crippen molar-refractivity contribution in [2.45, 2.75) is 58.7 Å². The topological polar surface area (TPSA) is 22.4 Å². The number of hydrogen-bond donors (Lipinski definition) is 0. The minimum Gasteiger partial charge on any atom is -0.466 e. The first-order chi connectivity index (χ1) is 7.76. The van der Waals surface area contributed by atoms with Gasteiger partial charge in [-0.3, -0.25) is 0 Å². The van der Waals surface area contributed by atoms with Crippen LogP contribution in [0.3, 0.4) is 0 Å². The highest BCUT2D eigenvalue weighted by atomic mass is 28.4. The third-order valence-electron chi connectivity index (χ3n) is 3.68. The van der Waals surface area contributed by atoms with Gasteiger partial charge in [-0.05, 0) is 30.3 Å². The summed E-state index contributed by atoms with van der Waals surface area (Å²) in [5, 5.41) is 0.282. The Morgan fingerprint density at radius 2 is 1.76 bits per heavy atom. The van der Waals surface area contributed by atoms with Crippen LogP contribution in [-0.4, -0.2) is 14.9 Å². The average Bonchev–Trinajstić information content (AvgIpc) is 2.63. The van der Waals surface area contributed by atoms with E-state index in [4.69, 9.17) is 8.84 Å². The Morgan fingerprint density at radius 3 is 2.24 bits per heavy atom. The van der Waals surface area contributed by atoms with Gasteiger partial charge in [-0.15, -0.1) is 0 Å². The van der Waals surface area contributed by atoms with Gasteiger partial charge < -0.3 is 8.84 Å². The SMILES string of the molecule is CCc1ccc(CCO[Si](C)(C)C(C)(C)C)o1. The molecule has 0 amide bonds. The summed E-state index contributed by atoms with van der Waals surface area (Å²) in [5.74, 6) is 2.10. The van der Waals surface area contributed by atoms with E-state index in [0.717, 1.165) is 31.0 Å². The fourth-order valence-corrected chi connectivity index (χ4v) is 2.42. The zero-order chi connectivity index (χ0) is 13.1. The molecule has 0 saturated heterocycles. The van der Waals surface area contributed by atoms with Crippen LogP contribution in [0.15, 0.2) is 16.5 Å². The van der Waals surface area contributed by atoms with Gasteiger partial charge in [0.05, 0.1) is 0 Å². The summed E-state index contributed by atoms with van der Waals surface area (Å²) < 4.78 is 11.8. The fraction of sp³-hybridized carbons (Fsp3) is 0.714. The van der Waals surface area contributed by atoms with Gasteiger partial charge in [-0.25, -0.2) is 0 Å². The summed E-state index contributed by atoms with van der Waals surface area (Å²) in [7, 11) is -1.60. The molecule has 0 atom stereocenters. The fourth-order valence-electron chi connectivity index (χ4n) is 1.37.